The van der Waals surface area contributed by atoms with Crippen LogP contribution in [0.15, 0.2) is 24.3 Å². The van der Waals surface area contributed by atoms with Crippen LogP contribution in [-0.2, 0) is 11.3 Å². The molecule has 0 saturated heterocycles. The Hall–Kier alpha value is -0.820. The molecule has 1 aliphatic carbocycles. The van der Waals surface area contributed by atoms with Crippen LogP contribution >= 0.6 is 22.9 Å². The zero-order valence-corrected chi connectivity index (χ0v) is 15.1. The third-order valence-corrected chi connectivity index (χ3v) is 4.70. The second-order valence-corrected chi connectivity index (χ2v) is 6.44. The Morgan fingerprint density at radius 2 is 1.91 bits per heavy atom. The second-order valence-electron chi connectivity index (χ2n) is 5.90. The maximum atomic E-state index is 11.1. The lowest BCUT2D eigenvalue weighted by atomic mass is 9.90. The third-order valence-electron chi connectivity index (χ3n) is 4.10. The van der Waals surface area contributed by atoms with Crippen molar-refractivity contribution in [3.8, 4) is 5.75 Å². The van der Waals surface area contributed by atoms with Crippen LogP contribution in [0, 0.1) is 5.92 Å². The maximum Gasteiger partial charge on any atom is 0.229 e. The van der Waals surface area contributed by atoms with Crippen molar-refractivity contribution in [1.29, 1.82) is 0 Å². The van der Waals surface area contributed by atoms with Gasteiger partial charge in [-0.05, 0) is 36.5 Å². The zero-order chi connectivity index (χ0) is 15.6. The van der Waals surface area contributed by atoms with Gasteiger partial charge in [-0.2, -0.15) is 0 Å². The fourth-order valence-electron chi connectivity index (χ4n) is 2.75. The lowest BCUT2D eigenvalue weighted by Crippen LogP contribution is -2.21. The molecule has 1 amide bonds. The average molecular weight is 416 g/mol. The second kappa shape index (κ2) is 10.0. The number of halogens is 1. The summed E-state index contributed by atoms with van der Waals surface area (Å²) in [7, 11) is 0. The van der Waals surface area contributed by atoms with Gasteiger partial charge in [0.05, 0.1) is 29.5 Å². The number of hydrogen-bond acceptors (Lipinski definition) is 3. The highest BCUT2D eigenvalue weighted by atomic mass is 127. The van der Waals surface area contributed by atoms with E-state index in [1.165, 1.54) is 37.7 Å². The van der Waals surface area contributed by atoms with Gasteiger partial charge in [-0.1, -0.05) is 31.4 Å². The van der Waals surface area contributed by atoms with Crippen molar-refractivity contribution in [3.63, 3.8) is 0 Å². The van der Waals surface area contributed by atoms with E-state index in [9.17, 15) is 4.79 Å². The molecule has 2 rings (SSSR count). The minimum atomic E-state index is 0.0551. The van der Waals surface area contributed by atoms with E-state index in [0.29, 0.717) is 13.0 Å². The molecule has 1 fully saturated rings. The standard InChI is InChI=1S/C17H25IN2O2/c18-20-17(21)10-11-19-12-14-6-8-16(9-7-14)22-13-15-4-2-1-3-5-15/h6-9,15,19H,1-5,10-13H2,(H,20,21). The van der Waals surface area contributed by atoms with E-state index in [1.54, 1.807) is 0 Å². The van der Waals surface area contributed by atoms with Crippen LogP contribution in [0.25, 0.3) is 0 Å². The first-order valence-electron chi connectivity index (χ1n) is 8.10. The Morgan fingerprint density at radius 3 is 2.59 bits per heavy atom. The highest BCUT2D eigenvalue weighted by molar-refractivity contribution is 14.1. The van der Waals surface area contributed by atoms with Gasteiger partial charge in [0.15, 0.2) is 0 Å². The topological polar surface area (TPSA) is 50.4 Å². The SMILES string of the molecule is O=C(CCNCc1ccc(OCC2CCCCC2)cc1)NI. The summed E-state index contributed by atoms with van der Waals surface area (Å²) in [5, 5.41) is 3.27. The molecule has 0 spiro atoms. The molecule has 4 nitrogen and oxygen atoms in total. The Morgan fingerprint density at radius 1 is 1.18 bits per heavy atom. The highest BCUT2D eigenvalue weighted by Gasteiger charge is 2.13. The van der Waals surface area contributed by atoms with Gasteiger partial charge in [0, 0.05) is 19.5 Å². The van der Waals surface area contributed by atoms with E-state index < -0.39 is 0 Å². The first-order valence-corrected chi connectivity index (χ1v) is 9.17. The van der Waals surface area contributed by atoms with E-state index in [4.69, 9.17) is 4.74 Å². The number of nitrogens with one attached hydrogen (secondary N) is 2. The summed E-state index contributed by atoms with van der Waals surface area (Å²) >= 11 is 1.86. The van der Waals surface area contributed by atoms with Crippen LogP contribution in [-0.4, -0.2) is 19.1 Å². The summed E-state index contributed by atoms with van der Waals surface area (Å²) < 4.78 is 8.48. The Labute approximate surface area is 146 Å². The van der Waals surface area contributed by atoms with E-state index in [2.05, 4.69) is 21.0 Å². The molecule has 0 atom stereocenters. The van der Waals surface area contributed by atoms with Crippen molar-refractivity contribution in [2.75, 3.05) is 13.2 Å². The van der Waals surface area contributed by atoms with E-state index in [1.807, 2.05) is 35.0 Å². The molecular weight excluding hydrogens is 391 g/mol. The third kappa shape index (κ3) is 6.52. The van der Waals surface area contributed by atoms with Crippen molar-refractivity contribution in [2.24, 2.45) is 5.92 Å². The van der Waals surface area contributed by atoms with Crippen molar-refractivity contribution >= 4 is 28.8 Å². The van der Waals surface area contributed by atoms with Crippen molar-refractivity contribution < 1.29 is 9.53 Å². The summed E-state index contributed by atoms with van der Waals surface area (Å²) in [5.74, 6) is 1.75. The molecule has 0 aliphatic heterocycles. The van der Waals surface area contributed by atoms with Gasteiger partial charge in [0.2, 0.25) is 5.91 Å². The summed E-state index contributed by atoms with van der Waals surface area (Å²) in [6.45, 7) is 2.31. The van der Waals surface area contributed by atoms with Crippen molar-refractivity contribution in [1.82, 2.24) is 8.85 Å². The predicted molar refractivity (Wildman–Crippen MR) is 97.0 cm³/mol. The minimum Gasteiger partial charge on any atom is -0.493 e. The molecule has 2 N–H and O–H groups in total. The number of carbonyl (C=O) groups is 1. The Bertz CT molecular complexity index is 444. The summed E-state index contributed by atoms with van der Waals surface area (Å²) in [6, 6.07) is 8.25. The Balaban J connectivity index is 1.65. The van der Waals surface area contributed by atoms with Crippen molar-refractivity contribution in [2.45, 2.75) is 45.1 Å². The van der Waals surface area contributed by atoms with E-state index in [-0.39, 0.29) is 5.91 Å². The molecule has 0 unspecified atom stereocenters. The maximum absolute atomic E-state index is 11.1. The number of benzene rings is 1. The van der Waals surface area contributed by atoms with Crippen LogP contribution in [0.4, 0.5) is 0 Å². The number of hydrogen-bond donors (Lipinski definition) is 2. The fraction of sp³-hybridized carbons (Fsp3) is 0.588. The van der Waals surface area contributed by atoms with E-state index in [0.717, 1.165) is 24.8 Å². The first-order chi connectivity index (χ1) is 10.8. The lowest BCUT2D eigenvalue weighted by Gasteiger charge is -2.21. The quantitative estimate of drug-likeness (QED) is 0.387. The smallest absolute Gasteiger partial charge is 0.229 e. The number of ether oxygens (including phenoxy) is 1. The molecule has 0 radical (unpaired) electrons. The molecule has 0 aromatic heterocycles. The van der Waals surface area contributed by atoms with Gasteiger partial charge in [0.25, 0.3) is 0 Å². The van der Waals surface area contributed by atoms with E-state index >= 15 is 0 Å². The molecule has 0 heterocycles. The van der Waals surface area contributed by atoms with Crippen LogP contribution in [0.1, 0.15) is 44.1 Å². The van der Waals surface area contributed by atoms with Crippen LogP contribution in [0.3, 0.4) is 0 Å². The molecular formula is C17H25IN2O2. The zero-order valence-electron chi connectivity index (χ0n) is 12.9. The van der Waals surface area contributed by atoms with Gasteiger partial charge in [-0.15, -0.1) is 0 Å². The lowest BCUT2D eigenvalue weighted by molar-refractivity contribution is -0.118. The molecule has 1 aromatic rings. The molecule has 1 aromatic carbocycles. The van der Waals surface area contributed by atoms with Gasteiger partial charge in [-0.3, -0.25) is 8.32 Å². The van der Waals surface area contributed by atoms with Crippen LogP contribution in [0.2, 0.25) is 0 Å². The van der Waals surface area contributed by atoms with Gasteiger partial charge >= 0.3 is 0 Å². The number of carbonyl (C=O) groups excluding carboxylic acids is 1. The molecule has 122 valence electrons. The molecule has 5 heteroatoms. The summed E-state index contributed by atoms with van der Waals surface area (Å²) in [5.41, 5.74) is 1.21. The Kier molecular flexibility index (Phi) is 8.01. The van der Waals surface area contributed by atoms with Gasteiger partial charge in [0.1, 0.15) is 5.75 Å². The monoisotopic (exact) mass is 416 g/mol. The normalized spacial score (nSPS) is 15.5. The van der Waals surface area contributed by atoms with Gasteiger partial charge in [-0.25, -0.2) is 0 Å². The molecule has 1 saturated carbocycles. The first kappa shape index (κ1) is 17.5. The minimum absolute atomic E-state index is 0.0551. The van der Waals surface area contributed by atoms with Gasteiger partial charge < -0.3 is 10.1 Å². The largest absolute Gasteiger partial charge is 0.493 e. The summed E-state index contributed by atoms with van der Waals surface area (Å²) in [4.78, 5) is 11.1. The molecule has 1 aliphatic rings. The molecule has 0 bridgehead atoms. The number of rotatable bonds is 8. The van der Waals surface area contributed by atoms with Crippen LogP contribution < -0.4 is 13.6 Å². The summed E-state index contributed by atoms with van der Waals surface area (Å²) in [6.07, 6.45) is 7.23. The number of amides is 1. The predicted octanol–water partition coefficient (Wildman–Crippen LogP) is 3.59. The average Bonchev–Trinajstić information content (AvgIpc) is 2.58. The van der Waals surface area contributed by atoms with Crippen LogP contribution in [0.5, 0.6) is 5.75 Å². The molecule has 22 heavy (non-hydrogen) atoms. The van der Waals surface area contributed by atoms with Crippen molar-refractivity contribution in [3.05, 3.63) is 29.8 Å². The highest BCUT2D eigenvalue weighted by Crippen LogP contribution is 2.24. The fourth-order valence-corrected chi connectivity index (χ4v) is 3.02.